The van der Waals surface area contributed by atoms with Crippen LogP contribution in [0, 0.1) is 0 Å². The smallest absolute Gasteiger partial charge is 0.0534 e. The van der Waals surface area contributed by atoms with Gasteiger partial charge in [-0.25, -0.2) is 0 Å². The van der Waals surface area contributed by atoms with E-state index in [2.05, 4.69) is 28.4 Å². The van der Waals surface area contributed by atoms with E-state index < -0.39 is 0 Å². The van der Waals surface area contributed by atoms with Gasteiger partial charge in [-0.1, -0.05) is 6.92 Å². The highest BCUT2D eigenvalue weighted by Crippen LogP contribution is 2.11. The highest BCUT2D eigenvalue weighted by atomic mass is 15.3. The van der Waals surface area contributed by atoms with E-state index in [0.29, 0.717) is 0 Å². The second kappa shape index (κ2) is 4.77. The van der Waals surface area contributed by atoms with Crippen LogP contribution in [-0.2, 0) is 13.6 Å². The molecule has 2 heterocycles. The molecular formula is C11H20N4. The molecule has 0 spiro atoms. The molecule has 4 heteroatoms. The van der Waals surface area contributed by atoms with Crippen LogP contribution in [-0.4, -0.2) is 40.4 Å². The summed E-state index contributed by atoms with van der Waals surface area (Å²) in [5.41, 5.74) is 1.32. The van der Waals surface area contributed by atoms with E-state index in [1.165, 1.54) is 18.5 Å². The molecule has 0 radical (unpaired) electrons. The highest BCUT2D eigenvalue weighted by molar-refractivity contribution is 5.04. The first-order valence-corrected chi connectivity index (χ1v) is 5.72. The summed E-state index contributed by atoms with van der Waals surface area (Å²) in [5, 5.41) is 7.54. The number of rotatable bonds is 5. The Morgan fingerprint density at radius 1 is 1.60 bits per heavy atom. The number of hydrogen-bond acceptors (Lipinski definition) is 3. The minimum atomic E-state index is 0.727. The average molecular weight is 208 g/mol. The Bertz CT molecular complexity index is 303. The van der Waals surface area contributed by atoms with Gasteiger partial charge in [0.05, 0.1) is 6.20 Å². The van der Waals surface area contributed by atoms with E-state index in [0.717, 1.165) is 25.7 Å². The highest BCUT2D eigenvalue weighted by Gasteiger charge is 2.23. The van der Waals surface area contributed by atoms with Crippen LogP contribution in [0.4, 0.5) is 0 Å². The first-order valence-electron chi connectivity index (χ1n) is 5.72. The van der Waals surface area contributed by atoms with Crippen LogP contribution in [0.5, 0.6) is 0 Å². The molecular weight excluding hydrogens is 188 g/mol. The lowest BCUT2D eigenvalue weighted by Gasteiger charge is -2.38. The number of nitrogens with zero attached hydrogens (tertiary/aromatic N) is 3. The maximum absolute atomic E-state index is 4.21. The van der Waals surface area contributed by atoms with Crippen molar-refractivity contribution in [3.8, 4) is 0 Å². The lowest BCUT2D eigenvalue weighted by atomic mass is 10.1. The second-order valence-corrected chi connectivity index (χ2v) is 4.30. The summed E-state index contributed by atoms with van der Waals surface area (Å²) in [6.07, 6.45) is 5.29. The summed E-state index contributed by atoms with van der Waals surface area (Å²) in [4.78, 5) is 2.55. The zero-order valence-corrected chi connectivity index (χ0v) is 9.61. The summed E-state index contributed by atoms with van der Waals surface area (Å²) in [6, 6.07) is 0.727. The van der Waals surface area contributed by atoms with E-state index in [4.69, 9.17) is 0 Å². The Morgan fingerprint density at radius 2 is 2.40 bits per heavy atom. The monoisotopic (exact) mass is 208 g/mol. The van der Waals surface area contributed by atoms with Gasteiger partial charge in [-0.3, -0.25) is 9.58 Å². The van der Waals surface area contributed by atoms with E-state index >= 15 is 0 Å². The fourth-order valence-electron chi connectivity index (χ4n) is 2.00. The van der Waals surface area contributed by atoms with Crippen LogP contribution in [0.2, 0.25) is 0 Å². The van der Waals surface area contributed by atoms with Gasteiger partial charge in [0, 0.05) is 44.5 Å². The van der Waals surface area contributed by atoms with Gasteiger partial charge in [-0.05, 0) is 13.0 Å². The lowest BCUT2D eigenvalue weighted by molar-refractivity contribution is 0.138. The molecule has 0 atom stereocenters. The zero-order chi connectivity index (χ0) is 10.7. The first-order chi connectivity index (χ1) is 7.29. The number of hydrogen-bond donors (Lipinski definition) is 1. The van der Waals surface area contributed by atoms with Crippen LogP contribution < -0.4 is 5.32 Å². The van der Waals surface area contributed by atoms with Gasteiger partial charge in [0.2, 0.25) is 0 Å². The summed E-state index contributed by atoms with van der Waals surface area (Å²) in [6.45, 7) is 6.73. The van der Waals surface area contributed by atoms with Gasteiger partial charge >= 0.3 is 0 Å². The molecule has 0 amide bonds. The first kappa shape index (κ1) is 10.6. The average Bonchev–Trinajstić information content (AvgIpc) is 2.48. The van der Waals surface area contributed by atoms with Crippen LogP contribution in [0.1, 0.15) is 18.9 Å². The number of nitrogens with one attached hydrogen (secondary N) is 1. The minimum absolute atomic E-state index is 0.727. The molecule has 15 heavy (non-hydrogen) atoms. The third-order valence-electron chi connectivity index (χ3n) is 2.93. The van der Waals surface area contributed by atoms with Gasteiger partial charge in [0.1, 0.15) is 0 Å². The summed E-state index contributed by atoms with van der Waals surface area (Å²) in [5.74, 6) is 0. The Balaban J connectivity index is 1.93. The van der Waals surface area contributed by atoms with Gasteiger partial charge in [0.25, 0.3) is 0 Å². The van der Waals surface area contributed by atoms with Gasteiger partial charge < -0.3 is 5.32 Å². The molecule has 1 saturated heterocycles. The Morgan fingerprint density at radius 3 is 2.87 bits per heavy atom. The summed E-state index contributed by atoms with van der Waals surface area (Å²) in [7, 11) is 1.97. The van der Waals surface area contributed by atoms with Crippen LogP contribution in [0.15, 0.2) is 12.4 Å². The topological polar surface area (TPSA) is 33.1 Å². The summed E-state index contributed by atoms with van der Waals surface area (Å²) >= 11 is 0. The normalized spacial score (nSPS) is 17.0. The second-order valence-electron chi connectivity index (χ2n) is 4.30. The minimum Gasteiger partial charge on any atom is -0.314 e. The molecule has 2 rings (SSSR count). The molecule has 0 aromatic carbocycles. The third kappa shape index (κ3) is 2.58. The molecule has 1 aromatic heterocycles. The van der Waals surface area contributed by atoms with Crippen molar-refractivity contribution in [2.75, 3.05) is 19.6 Å². The molecule has 1 aliphatic heterocycles. The molecule has 84 valence electrons. The van der Waals surface area contributed by atoms with Crippen molar-refractivity contribution in [1.29, 1.82) is 0 Å². The zero-order valence-electron chi connectivity index (χ0n) is 9.61. The molecule has 1 fully saturated rings. The predicted octanol–water partition coefficient (Wildman–Crippen LogP) is 0.604. The molecule has 0 unspecified atom stereocenters. The van der Waals surface area contributed by atoms with Crippen molar-refractivity contribution < 1.29 is 0 Å². The van der Waals surface area contributed by atoms with Crippen molar-refractivity contribution >= 4 is 0 Å². The Hall–Kier alpha value is -0.870. The van der Waals surface area contributed by atoms with Crippen LogP contribution in [0.25, 0.3) is 0 Å². The number of aromatic nitrogens is 2. The van der Waals surface area contributed by atoms with Gasteiger partial charge in [0.15, 0.2) is 0 Å². The number of aryl methyl sites for hydroxylation is 1. The molecule has 0 aliphatic carbocycles. The van der Waals surface area contributed by atoms with Gasteiger partial charge in [-0.2, -0.15) is 5.10 Å². The van der Waals surface area contributed by atoms with Crippen LogP contribution >= 0.6 is 0 Å². The SMILES string of the molecule is CCCN(Cc1cnn(C)c1)C1CNC1. The van der Waals surface area contributed by atoms with E-state index in [-0.39, 0.29) is 0 Å². The maximum Gasteiger partial charge on any atom is 0.0534 e. The van der Waals surface area contributed by atoms with Crippen molar-refractivity contribution in [3.63, 3.8) is 0 Å². The maximum atomic E-state index is 4.21. The standard InChI is InChI=1S/C11H20N4/c1-3-4-15(11-6-12-7-11)9-10-5-13-14(2)8-10/h5,8,11-12H,3-4,6-7,9H2,1-2H3. The molecule has 1 aliphatic rings. The summed E-state index contributed by atoms with van der Waals surface area (Å²) < 4.78 is 1.87. The van der Waals surface area contributed by atoms with Crippen molar-refractivity contribution in [3.05, 3.63) is 18.0 Å². The van der Waals surface area contributed by atoms with Crippen molar-refractivity contribution in [2.45, 2.75) is 25.9 Å². The van der Waals surface area contributed by atoms with Crippen molar-refractivity contribution in [1.82, 2.24) is 20.0 Å². The Kier molecular flexibility index (Phi) is 3.38. The van der Waals surface area contributed by atoms with Crippen molar-refractivity contribution in [2.24, 2.45) is 7.05 Å². The van der Waals surface area contributed by atoms with E-state index in [1.807, 2.05) is 17.9 Å². The molecule has 0 bridgehead atoms. The quantitative estimate of drug-likeness (QED) is 0.769. The fraction of sp³-hybridized carbons (Fsp3) is 0.727. The fourth-order valence-corrected chi connectivity index (χ4v) is 2.00. The third-order valence-corrected chi connectivity index (χ3v) is 2.93. The van der Waals surface area contributed by atoms with E-state index in [9.17, 15) is 0 Å². The van der Waals surface area contributed by atoms with Crippen LogP contribution in [0.3, 0.4) is 0 Å². The molecule has 1 N–H and O–H groups in total. The molecule has 0 saturated carbocycles. The predicted molar refractivity (Wildman–Crippen MR) is 60.6 cm³/mol. The Labute approximate surface area is 91.3 Å². The van der Waals surface area contributed by atoms with E-state index in [1.54, 1.807) is 0 Å². The lowest BCUT2D eigenvalue weighted by Crippen LogP contribution is -2.56. The molecule has 1 aromatic rings. The van der Waals surface area contributed by atoms with Gasteiger partial charge in [-0.15, -0.1) is 0 Å². The largest absolute Gasteiger partial charge is 0.314 e. The molecule has 4 nitrogen and oxygen atoms in total.